The zero-order chi connectivity index (χ0) is 9.44. The Bertz CT molecular complexity index is 102. The zero-order valence-electron chi connectivity index (χ0n) is 7.60. The van der Waals surface area contributed by atoms with Crippen LogP contribution in [0.5, 0.6) is 0 Å². The maximum atomic E-state index is 10.2. The molecule has 1 N–H and O–H groups in total. The lowest BCUT2D eigenvalue weighted by Crippen LogP contribution is -2.14. The normalized spacial score (nSPS) is 11.8. The van der Waals surface area contributed by atoms with Gasteiger partial charge in [0.2, 0.25) is 0 Å². The quantitative estimate of drug-likeness (QED) is 0.750. The molecule has 0 saturated heterocycles. The number of halogens is 1. The van der Waals surface area contributed by atoms with Crippen LogP contribution in [-0.4, -0.2) is 15.9 Å². The van der Waals surface area contributed by atoms with E-state index in [4.69, 9.17) is 5.11 Å². The first-order valence-corrected chi connectivity index (χ1v) is 4.82. The molecular formula is C8H17BrO2. The number of hydrogen-bond donors (Lipinski definition) is 1. The van der Waals surface area contributed by atoms with Gasteiger partial charge in [0.05, 0.1) is 0 Å². The lowest BCUT2D eigenvalue weighted by molar-refractivity contribution is -0.136. The molecule has 0 amide bonds. The van der Waals surface area contributed by atoms with Crippen LogP contribution >= 0.6 is 15.9 Å². The van der Waals surface area contributed by atoms with Crippen LogP contribution in [0, 0.1) is 5.92 Å². The fourth-order valence-corrected chi connectivity index (χ4v) is 1.26. The number of aliphatic carboxylic acids is 1. The number of carboxylic acid groups (broad SMARTS) is 1. The molecular weight excluding hydrogens is 208 g/mol. The van der Waals surface area contributed by atoms with Gasteiger partial charge in [-0.2, -0.15) is 0 Å². The van der Waals surface area contributed by atoms with E-state index in [1.165, 1.54) is 0 Å². The summed E-state index contributed by atoms with van der Waals surface area (Å²) in [5.74, 6) is -0.339. The van der Waals surface area contributed by atoms with Gasteiger partial charge < -0.3 is 5.11 Å². The molecule has 0 radical (unpaired) electrons. The number of hydrogen-bond acceptors (Lipinski definition) is 1. The van der Waals surface area contributed by atoms with E-state index in [9.17, 15) is 4.79 Å². The van der Waals surface area contributed by atoms with Crippen LogP contribution in [0.1, 0.15) is 34.1 Å². The molecule has 0 spiro atoms. The van der Waals surface area contributed by atoms with Crippen LogP contribution in [-0.2, 0) is 4.79 Å². The molecule has 0 aromatic rings. The van der Waals surface area contributed by atoms with E-state index in [-0.39, 0.29) is 4.83 Å². The van der Waals surface area contributed by atoms with Gasteiger partial charge in [0.15, 0.2) is 0 Å². The summed E-state index contributed by atoms with van der Waals surface area (Å²) >= 11 is 3.04. The molecule has 0 aromatic heterocycles. The topological polar surface area (TPSA) is 37.3 Å². The van der Waals surface area contributed by atoms with Crippen LogP contribution in [0.25, 0.3) is 0 Å². The number of rotatable bonds is 3. The summed E-state index contributed by atoms with van der Waals surface area (Å²) < 4.78 is 0. The first kappa shape index (κ1) is 13.5. The van der Waals surface area contributed by atoms with E-state index in [1.807, 2.05) is 27.7 Å². The third-order valence-corrected chi connectivity index (χ3v) is 1.71. The third kappa shape index (κ3) is 9.95. The Morgan fingerprint density at radius 3 is 1.91 bits per heavy atom. The standard InChI is InChI=1S/C6H11BrO2.C2H6/c1-4(2)3-5(7)6(8)9;1-2/h4-5H,3H2,1-2H3,(H,8,9);1-2H3. The molecule has 68 valence electrons. The van der Waals surface area contributed by atoms with Crippen LogP contribution in [0.3, 0.4) is 0 Å². The Balaban J connectivity index is 0. The maximum absolute atomic E-state index is 10.2. The predicted molar refractivity (Wildman–Crippen MR) is 51.2 cm³/mol. The third-order valence-electron chi connectivity index (χ3n) is 0.946. The molecule has 0 aliphatic rings. The average molecular weight is 225 g/mol. The smallest absolute Gasteiger partial charge is 0.317 e. The Morgan fingerprint density at radius 1 is 1.45 bits per heavy atom. The minimum absolute atomic E-state index is 0.377. The maximum Gasteiger partial charge on any atom is 0.317 e. The van der Waals surface area contributed by atoms with Gasteiger partial charge in [-0.25, -0.2) is 0 Å². The average Bonchev–Trinajstić information content (AvgIpc) is 1.90. The van der Waals surface area contributed by atoms with E-state index in [0.29, 0.717) is 12.3 Å². The summed E-state index contributed by atoms with van der Waals surface area (Å²) in [6.45, 7) is 7.99. The van der Waals surface area contributed by atoms with Crippen LogP contribution < -0.4 is 0 Å². The van der Waals surface area contributed by atoms with E-state index in [2.05, 4.69) is 15.9 Å². The highest BCUT2D eigenvalue weighted by molar-refractivity contribution is 9.10. The molecule has 0 heterocycles. The summed E-state index contributed by atoms with van der Waals surface area (Å²) in [4.78, 5) is 9.81. The van der Waals surface area contributed by atoms with Gasteiger partial charge in [-0.15, -0.1) is 0 Å². The van der Waals surface area contributed by atoms with E-state index >= 15 is 0 Å². The first-order chi connectivity index (χ1) is 5.04. The lowest BCUT2D eigenvalue weighted by atomic mass is 10.1. The van der Waals surface area contributed by atoms with Gasteiger partial charge in [-0.1, -0.05) is 43.6 Å². The minimum atomic E-state index is -0.774. The number of alkyl halides is 1. The predicted octanol–water partition coefficient (Wildman–Crippen LogP) is 2.91. The molecule has 1 unspecified atom stereocenters. The molecule has 0 aliphatic carbocycles. The highest BCUT2D eigenvalue weighted by atomic mass is 79.9. The molecule has 0 bridgehead atoms. The van der Waals surface area contributed by atoms with Gasteiger partial charge in [-0.3, -0.25) is 4.79 Å². The van der Waals surface area contributed by atoms with Crippen molar-refractivity contribution in [1.29, 1.82) is 0 Å². The van der Waals surface area contributed by atoms with Crippen molar-refractivity contribution in [2.24, 2.45) is 5.92 Å². The van der Waals surface area contributed by atoms with Crippen molar-refractivity contribution < 1.29 is 9.90 Å². The van der Waals surface area contributed by atoms with Crippen molar-refractivity contribution in [2.75, 3.05) is 0 Å². The van der Waals surface area contributed by atoms with Gasteiger partial charge >= 0.3 is 5.97 Å². The van der Waals surface area contributed by atoms with Gasteiger partial charge in [0, 0.05) is 0 Å². The minimum Gasteiger partial charge on any atom is -0.480 e. The lowest BCUT2D eigenvalue weighted by Gasteiger charge is -2.05. The molecule has 0 aliphatic heterocycles. The molecule has 1 atom stereocenters. The molecule has 3 heteroatoms. The highest BCUT2D eigenvalue weighted by Gasteiger charge is 2.13. The Hall–Kier alpha value is -0.0500. The Labute approximate surface area is 77.1 Å². The van der Waals surface area contributed by atoms with E-state index in [0.717, 1.165) is 0 Å². The SMILES string of the molecule is CC.CC(C)CC(Br)C(=O)O. The summed E-state index contributed by atoms with van der Waals surface area (Å²) in [7, 11) is 0. The fraction of sp³-hybridized carbons (Fsp3) is 0.875. The fourth-order valence-electron chi connectivity index (χ4n) is 0.515. The largest absolute Gasteiger partial charge is 0.480 e. The highest BCUT2D eigenvalue weighted by Crippen LogP contribution is 2.11. The molecule has 0 fully saturated rings. The summed E-state index contributed by atoms with van der Waals surface area (Å²) in [6, 6.07) is 0. The number of carbonyl (C=O) groups is 1. The Morgan fingerprint density at radius 2 is 1.82 bits per heavy atom. The van der Waals surface area contributed by atoms with Crippen LogP contribution in [0.4, 0.5) is 0 Å². The van der Waals surface area contributed by atoms with Gasteiger partial charge in [0.1, 0.15) is 4.83 Å². The summed E-state index contributed by atoms with van der Waals surface area (Å²) in [5, 5.41) is 8.38. The molecule has 11 heavy (non-hydrogen) atoms. The first-order valence-electron chi connectivity index (χ1n) is 3.91. The molecule has 2 nitrogen and oxygen atoms in total. The number of carboxylic acids is 1. The van der Waals surface area contributed by atoms with Gasteiger partial charge in [0.25, 0.3) is 0 Å². The van der Waals surface area contributed by atoms with Gasteiger partial charge in [-0.05, 0) is 12.3 Å². The molecule has 0 saturated carbocycles. The van der Waals surface area contributed by atoms with Crippen molar-refractivity contribution in [1.82, 2.24) is 0 Å². The van der Waals surface area contributed by atoms with Crippen molar-refractivity contribution in [2.45, 2.75) is 38.9 Å². The molecule has 0 rings (SSSR count). The molecule has 0 aromatic carbocycles. The van der Waals surface area contributed by atoms with Crippen molar-refractivity contribution in [3.8, 4) is 0 Å². The monoisotopic (exact) mass is 224 g/mol. The van der Waals surface area contributed by atoms with Crippen molar-refractivity contribution in [3.05, 3.63) is 0 Å². The Kier molecular flexibility index (Phi) is 9.90. The van der Waals surface area contributed by atoms with Crippen LogP contribution in [0.2, 0.25) is 0 Å². The second kappa shape index (κ2) is 8.05. The van der Waals surface area contributed by atoms with E-state index in [1.54, 1.807) is 0 Å². The zero-order valence-corrected chi connectivity index (χ0v) is 9.18. The van der Waals surface area contributed by atoms with Crippen molar-refractivity contribution >= 4 is 21.9 Å². The summed E-state index contributed by atoms with van der Waals surface area (Å²) in [5.41, 5.74) is 0. The van der Waals surface area contributed by atoms with E-state index < -0.39 is 5.97 Å². The van der Waals surface area contributed by atoms with Crippen molar-refractivity contribution in [3.63, 3.8) is 0 Å². The van der Waals surface area contributed by atoms with Crippen LogP contribution in [0.15, 0.2) is 0 Å². The second-order valence-electron chi connectivity index (χ2n) is 2.44. The second-order valence-corrected chi connectivity index (χ2v) is 3.54. The summed E-state index contributed by atoms with van der Waals surface area (Å²) in [6.07, 6.45) is 0.690.